The molecule has 4 heteroatoms. The number of aromatic hydroxyl groups is 1. The van der Waals surface area contributed by atoms with Crippen molar-refractivity contribution < 1.29 is 5.11 Å². The molecule has 3 N–H and O–H groups in total. The van der Waals surface area contributed by atoms with Crippen molar-refractivity contribution in [3.63, 3.8) is 0 Å². The summed E-state index contributed by atoms with van der Waals surface area (Å²) in [5, 5.41) is 13.4. The average molecular weight is 225 g/mol. The number of pyridine rings is 1. The number of anilines is 1. The molecule has 84 valence electrons. The third-order valence-corrected chi connectivity index (χ3v) is 2.75. The second-order valence-corrected chi connectivity index (χ2v) is 3.89. The Morgan fingerprint density at radius 1 is 1.00 bits per heavy atom. The monoisotopic (exact) mass is 225 g/mol. The predicted molar refractivity (Wildman–Crippen MR) is 66.7 cm³/mol. The van der Waals surface area contributed by atoms with Crippen LogP contribution in [0.1, 0.15) is 0 Å². The van der Waals surface area contributed by atoms with E-state index in [2.05, 4.69) is 5.10 Å². The van der Waals surface area contributed by atoms with E-state index in [0.29, 0.717) is 5.69 Å². The van der Waals surface area contributed by atoms with Crippen LogP contribution in [0, 0.1) is 0 Å². The van der Waals surface area contributed by atoms with Gasteiger partial charge >= 0.3 is 0 Å². The second kappa shape index (κ2) is 3.52. The van der Waals surface area contributed by atoms with Crippen molar-refractivity contribution in [2.45, 2.75) is 0 Å². The van der Waals surface area contributed by atoms with Crippen LogP contribution in [0.5, 0.6) is 5.75 Å². The van der Waals surface area contributed by atoms with E-state index in [4.69, 9.17) is 5.73 Å². The zero-order valence-electron chi connectivity index (χ0n) is 9.04. The fraction of sp³-hybridized carbons (Fsp3) is 0. The molecule has 0 atom stereocenters. The number of rotatable bonds is 1. The van der Waals surface area contributed by atoms with Crippen molar-refractivity contribution in [3.8, 4) is 16.9 Å². The molecule has 1 aromatic carbocycles. The standard InChI is InChI=1S/C13H11N3O/c14-12-7-15-16-8-10(3-6-13(12)16)9-1-4-11(17)5-2-9/h1-8,17H,14H2. The quantitative estimate of drug-likeness (QED) is 0.667. The van der Waals surface area contributed by atoms with E-state index in [1.165, 1.54) is 0 Å². The lowest BCUT2D eigenvalue weighted by Crippen LogP contribution is -1.89. The van der Waals surface area contributed by atoms with Crippen LogP contribution in [-0.4, -0.2) is 14.7 Å². The summed E-state index contributed by atoms with van der Waals surface area (Å²) in [5.41, 5.74) is 9.39. The number of hydrogen-bond donors (Lipinski definition) is 2. The van der Waals surface area contributed by atoms with Crippen LogP contribution in [0.2, 0.25) is 0 Å². The van der Waals surface area contributed by atoms with Gasteiger partial charge in [-0.15, -0.1) is 0 Å². The molecule has 2 aromatic heterocycles. The molecule has 3 rings (SSSR count). The van der Waals surface area contributed by atoms with Crippen molar-refractivity contribution in [2.24, 2.45) is 0 Å². The molecular weight excluding hydrogens is 214 g/mol. The highest BCUT2D eigenvalue weighted by molar-refractivity contribution is 5.72. The Bertz CT molecular complexity index is 671. The number of aromatic nitrogens is 2. The molecule has 0 spiro atoms. The first-order valence-electron chi connectivity index (χ1n) is 5.26. The van der Waals surface area contributed by atoms with Crippen LogP contribution in [0.3, 0.4) is 0 Å². The van der Waals surface area contributed by atoms with Crippen molar-refractivity contribution in [3.05, 3.63) is 48.8 Å². The third kappa shape index (κ3) is 1.59. The third-order valence-electron chi connectivity index (χ3n) is 2.75. The lowest BCUT2D eigenvalue weighted by molar-refractivity contribution is 0.475. The molecular formula is C13H11N3O. The van der Waals surface area contributed by atoms with Gasteiger partial charge in [0.05, 0.1) is 17.4 Å². The molecule has 0 unspecified atom stereocenters. The van der Waals surface area contributed by atoms with Gasteiger partial charge in [-0.2, -0.15) is 5.10 Å². The molecule has 17 heavy (non-hydrogen) atoms. The molecule has 0 amide bonds. The fourth-order valence-corrected chi connectivity index (χ4v) is 1.83. The molecule has 0 aliphatic carbocycles. The summed E-state index contributed by atoms with van der Waals surface area (Å²) in [4.78, 5) is 0. The van der Waals surface area contributed by atoms with E-state index in [-0.39, 0.29) is 5.75 Å². The van der Waals surface area contributed by atoms with Crippen molar-refractivity contribution in [1.82, 2.24) is 9.61 Å². The molecule has 0 saturated heterocycles. The minimum Gasteiger partial charge on any atom is -0.508 e. The van der Waals surface area contributed by atoms with E-state index in [1.807, 2.05) is 30.5 Å². The number of nitrogens with two attached hydrogens (primary N) is 1. The van der Waals surface area contributed by atoms with Gasteiger partial charge in [0.2, 0.25) is 0 Å². The lowest BCUT2D eigenvalue weighted by atomic mass is 10.1. The van der Waals surface area contributed by atoms with Crippen LogP contribution >= 0.6 is 0 Å². The molecule has 0 aliphatic heterocycles. The first-order chi connectivity index (χ1) is 8.24. The number of hydrogen-bond acceptors (Lipinski definition) is 3. The van der Waals surface area contributed by atoms with Crippen molar-refractivity contribution in [2.75, 3.05) is 5.73 Å². The van der Waals surface area contributed by atoms with Gasteiger partial charge in [-0.1, -0.05) is 18.2 Å². The minimum absolute atomic E-state index is 0.262. The highest BCUT2D eigenvalue weighted by Crippen LogP contribution is 2.23. The molecule has 0 fully saturated rings. The highest BCUT2D eigenvalue weighted by atomic mass is 16.3. The zero-order chi connectivity index (χ0) is 11.8. The first kappa shape index (κ1) is 9.72. The van der Waals surface area contributed by atoms with Gasteiger partial charge in [-0.25, -0.2) is 4.52 Å². The first-order valence-corrected chi connectivity index (χ1v) is 5.26. The van der Waals surface area contributed by atoms with E-state index in [1.54, 1.807) is 22.8 Å². The molecule has 4 nitrogen and oxygen atoms in total. The Kier molecular flexibility index (Phi) is 2.01. The maximum atomic E-state index is 9.24. The summed E-state index contributed by atoms with van der Waals surface area (Å²) in [7, 11) is 0. The van der Waals surface area contributed by atoms with Crippen LogP contribution in [0.15, 0.2) is 48.8 Å². The predicted octanol–water partition coefficient (Wildman–Crippen LogP) is 2.29. The number of nitrogens with zero attached hydrogens (tertiary/aromatic N) is 2. The summed E-state index contributed by atoms with van der Waals surface area (Å²) in [6, 6.07) is 11.0. The smallest absolute Gasteiger partial charge is 0.115 e. The Labute approximate surface area is 97.9 Å². The number of fused-ring (bicyclic) bond motifs is 1. The maximum absolute atomic E-state index is 9.24. The van der Waals surface area contributed by atoms with Crippen molar-refractivity contribution >= 4 is 11.2 Å². The Morgan fingerprint density at radius 2 is 1.71 bits per heavy atom. The SMILES string of the molecule is Nc1cnn2cc(-c3ccc(O)cc3)ccc12. The zero-order valence-corrected chi connectivity index (χ0v) is 9.04. The van der Waals surface area contributed by atoms with Crippen LogP contribution < -0.4 is 5.73 Å². The van der Waals surface area contributed by atoms with E-state index in [0.717, 1.165) is 16.6 Å². The number of phenolic OH excluding ortho intramolecular Hbond substituents is 1. The maximum Gasteiger partial charge on any atom is 0.115 e. The van der Waals surface area contributed by atoms with Crippen LogP contribution in [-0.2, 0) is 0 Å². The summed E-state index contributed by atoms with van der Waals surface area (Å²) in [5.74, 6) is 0.262. The molecule has 3 aromatic rings. The Balaban J connectivity index is 2.14. The Hall–Kier alpha value is -2.49. The molecule has 2 heterocycles. The summed E-state index contributed by atoms with van der Waals surface area (Å²) in [6.07, 6.45) is 3.55. The topological polar surface area (TPSA) is 63.5 Å². The lowest BCUT2D eigenvalue weighted by Gasteiger charge is -2.03. The van der Waals surface area contributed by atoms with E-state index in [9.17, 15) is 5.11 Å². The molecule has 0 radical (unpaired) electrons. The van der Waals surface area contributed by atoms with Crippen LogP contribution in [0.4, 0.5) is 5.69 Å². The van der Waals surface area contributed by atoms with Crippen molar-refractivity contribution in [1.29, 1.82) is 0 Å². The number of benzene rings is 1. The van der Waals surface area contributed by atoms with E-state index >= 15 is 0 Å². The largest absolute Gasteiger partial charge is 0.508 e. The molecule has 0 aliphatic rings. The molecule has 0 bridgehead atoms. The van der Waals surface area contributed by atoms with Gasteiger partial charge in [-0.3, -0.25) is 0 Å². The van der Waals surface area contributed by atoms with Gasteiger partial charge in [0, 0.05) is 11.8 Å². The van der Waals surface area contributed by atoms with Gasteiger partial charge < -0.3 is 10.8 Å². The number of nitrogen functional groups attached to an aromatic ring is 1. The second-order valence-electron chi connectivity index (χ2n) is 3.89. The normalized spacial score (nSPS) is 10.8. The minimum atomic E-state index is 0.262. The molecule has 0 saturated carbocycles. The fourth-order valence-electron chi connectivity index (χ4n) is 1.83. The van der Waals surface area contributed by atoms with Gasteiger partial charge in [-0.05, 0) is 23.8 Å². The van der Waals surface area contributed by atoms with Gasteiger partial charge in [0.1, 0.15) is 5.75 Å². The van der Waals surface area contributed by atoms with Crippen LogP contribution in [0.25, 0.3) is 16.6 Å². The van der Waals surface area contributed by atoms with Gasteiger partial charge in [0.15, 0.2) is 0 Å². The summed E-state index contributed by atoms with van der Waals surface area (Å²) < 4.78 is 1.75. The van der Waals surface area contributed by atoms with Gasteiger partial charge in [0.25, 0.3) is 0 Å². The highest BCUT2D eigenvalue weighted by Gasteiger charge is 2.03. The summed E-state index contributed by atoms with van der Waals surface area (Å²) in [6.45, 7) is 0. The number of phenols is 1. The Morgan fingerprint density at radius 3 is 2.47 bits per heavy atom. The average Bonchev–Trinajstić information content (AvgIpc) is 2.72. The summed E-state index contributed by atoms with van der Waals surface area (Å²) >= 11 is 0. The van der Waals surface area contributed by atoms with E-state index < -0.39 is 0 Å².